The van der Waals surface area contributed by atoms with Crippen molar-refractivity contribution in [2.45, 2.75) is 19.8 Å². The number of methoxy groups -OCH3 is 1. The normalized spacial score (nSPS) is 16.4. The molecule has 0 aliphatic carbocycles. The van der Waals surface area contributed by atoms with Crippen LogP contribution >= 0.6 is 0 Å². The van der Waals surface area contributed by atoms with Crippen molar-refractivity contribution in [1.29, 1.82) is 0 Å². The highest BCUT2D eigenvalue weighted by molar-refractivity contribution is 5.87. The molecule has 1 amide bonds. The molecule has 0 aromatic carbocycles. The van der Waals surface area contributed by atoms with E-state index in [-0.39, 0.29) is 5.57 Å². The van der Waals surface area contributed by atoms with E-state index in [4.69, 9.17) is 4.74 Å². The molecule has 0 atom stereocenters. The minimum atomic E-state index is -0.496. The molecule has 84 valence electrons. The topological polar surface area (TPSA) is 55.8 Å². The van der Waals surface area contributed by atoms with Crippen LogP contribution in [0, 0.1) is 0 Å². The van der Waals surface area contributed by atoms with Crippen LogP contribution in [0.2, 0.25) is 0 Å². The average molecular weight is 213 g/mol. The Kier molecular flexibility index (Phi) is 4.15. The summed E-state index contributed by atoms with van der Waals surface area (Å²) >= 11 is 0. The predicted molar refractivity (Wildman–Crippen MR) is 53.1 cm³/mol. The van der Waals surface area contributed by atoms with Crippen LogP contribution in [-0.4, -0.2) is 37.2 Å². The van der Waals surface area contributed by atoms with Gasteiger partial charge < -0.3 is 14.4 Å². The van der Waals surface area contributed by atoms with Gasteiger partial charge in [-0.15, -0.1) is 0 Å². The van der Waals surface area contributed by atoms with E-state index in [1.165, 1.54) is 14.0 Å². The number of hydrogen-bond donors (Lipinski definition) is 0. The lowest BCUT2D eigenvalue weighted by Gasteiger charge is -2.12. The summed E-state index contributed by atoms with van der Waals surface area (Å²) in [4.78, 5) is 23.9. The molecule has 1 saturated heterocycles. The smallest absolute Gasteiger partial charge is 0.414 e. The molecule has 1 heterocycles. The average Bonchev–Trinajstić information content (AvgIpc) is 2.77. The second kappa shape index (κ2) is 5.38. The van der Waals surface area contributed by atoms with E-state index in [9.17, 15) is 9.59 Å². The molecule has 1 rings (SSSR count). The summed E-state index contributed by atoms with van der Waals surface area (Å²) in [6.45, 7) is 2.98. The number of carbonyl (C=O) groups excluding carboxylic acids is 2. The number of carbonyl (C=O) groups is 2. The number of ether oxygens (including phenoxy) is 2. The van der Waals surface area contributed by atoms with Crippen molar-refractivity contribution in [3.8, 4) is 0 Å². The molecule has 0 spiro atoms. The number of amides is 1. The van der Waals surface area contributed by atoms with E-state index < -0.39 is 12.1 Å². The van der Waals surface area contributed by atoms with Gasteiger partial charge in [0.25, 0.3) is 0 Å². The Morgan fingerprint density at radius 1 is 1.27 bits per heavy atom. The molecule has 0 N–H and O–H groups in total. The molecule has 0 aromatic rings. The molecule has 1 fully saturated rings. The lowest BCUT2D eigenvalue weighted by Crippen LogP contribution is -2.27. The number of likely N-dealkylation sites (tertiary alicyclic amines) is 1. The molecule has 0 radical (unpaired) electrons. The van der Waals surface area contributed by atoms with Crippen molar-refractivity contribution in [2.75, 3.05) is 20.2 Å². The Labute approximate surface area is 88.6 Å². The molecule has 0 bridgehead atoms. The standard InChI is InChI=1S/C10H15NO4/c1-8(9(12)14-2)7-15-10(13)11-5-3-4-6-11/h7H,3-6H2,1-2H3/b8-7+. The summed E-state index contributed by atoms with van der Waals surface area (Å²) in [6.07, 6.45) is 2.74. The molecule has 1 aliphatic heterocycles. The van der Waals surface area contributed by atoms with Gasteiger partial charge in [-0.05, 0) is 19.8 Å². The van der Waals surface area contributed by atoms with Crippen LogP contribution in [0.25, 0.3) is 0 Å². The molecule has 15 heavy (non-hydrogen) atoms. The van der Waals surface area contributed by atoms with Crippen LogP contribution in [0.15, 0.2) is 11.8 Å². The van der Waals surface area contributed by atoms with Crippen LogP contribution in [0.5, 0.6) is 0 Å². The van der Waals surface area contributed by atoms with E-state index in [0.29, 0.717) is 0 Å². The molecule has 1 aliphatic rings. The third-order valence-electron chi connectivity index (χ3n) is 2.21. The van der Waals surface area contributed by atoms with Gasteiger partial charge in [0.15, 0.2) is 0 Å². The lowest BCUT2D eigenvalue weighted by atomic mass is 10.3. The van der Waals surface area contributed by atoms with Gasteiger partial charge in [-0.25, -0.2) is 9.59 Å². The maximum atomic E-state index is 11.4. The fourth-order valence-corrected chi connectivity index (χ4v) is 1.32. The van der Waals surface area contributed by atoms with Gasteiger partial charge in [0.1, 0.15) is 6.26 Å². The van der Waals surface area contributed by atoms with Crippen LogP contribution < -0.4 is 0 Å². The highest BCUT2D eigenvalue weighted by Crippen LogP contribution is 2.09. The summed E-state index contributed by atoms with van der Waals surface area (Å²) in [5.74, 6) is -0.496. The van der Waals surface area contributed by atoms with Crippen LogP contribution in [0.1, 0.15) is 19.8 Å². The van der Waals surface area contributed by atoms with Crippen molar-refractivity contribution in [2.24, 2.45) is 0 Å². The molecule has 5 heteroatoms. The Morgan fingerprint density at radius 3 is 2.40 bits per heavy atom. The van der Waals surface area contributed by atoms with Gasteiger partial charge in [-0.3, -0.25) is 0 Å². The minimum absolute atomic E-state index is 0.269. The SMILES string of the molecule is COC(=O)/C(C)=C/OC(=O)N1CCCC1. The summed E-state index contributed by atoms with van der Waals surface area (Å²) in [5.41, 5.74) is 0.269. The van der Waals surface area contributed by atoms with Crippen LogP contribution in [-0.2, 0) is 14.3 Å². The molecular weight excluding hydrogens is 198 g/mol. The minimum Gasteiger partial charge on any atom is -0.466 e. The van der Waals surface area contributed by atoms with Crippen molar-refractivity contribution in [3.63, 3.8) is 0 Å². The number of nitrogens with zero attached hydrogens (tertiary/aromatic N) is 1. The maximum absolute atomic E-state index is 11.4. The number of rotatable bonds is 2. The first-order valence-corrected chi connectivity index (χ1v) is 4.86. The van der Waals surface area contributed by atoms with Crippen LogP contribution in [0.3, 0.4) is 0 Å². The molecule has 0 saturated carbocycles. The first kappa shape index (κ1) is 11.6. The first-order chi connectivity index (χ1) is 7.15. The number of esters is 1. The predicted octanol–water partition coefficient (Wildman–Crippen LogP) is 1.30. The maximum Gasteiger partial charge on any atom is 0.414 e. The van der Waals surface area contributed by atoms with Crippen molar-refractivity contribution in [1.82, 2.24) is 4.90 Å². The van der Waals surface area contributed by atoms with Gasteiger partial charge >= 0.3 is 12.1 Å². The van der Waals surface area contributed by atoms with E-state index in [1.54, 1.807) is 4.90 Å². The Balaban J connectivity index is 2.41. The van der Waals surface area contributed by atoms with Crippen molar-refractivity contribution >= 4 is 12.1 Å². The third kappa shape index (κ3) is 3.27. The summed E-state index contributed by atoms with van der Waals surface area (Å²) in [5, 5.41) is 0. The van der Waals surface area contributed by atoms with E-state index in [0.717, 1.165) is 32.2 Å². The second-order valence-electron chi connectivity index (χ2n) is 3.37. The number of hydrogen-bond acceptors (Lipinski definition) is 4. The summed E-state index contributed by atoms with van der Waals surface area (Å²) in [6, 6.07) is 0. The van der Waals surface area contributed by atoms with Gasteiger partial charge in [0.05, 0.1) is 12.7 Å². The monoisotopic (exact) mass is 213 g/mol. The highest BCUT2D eigenvalue weighted by atomic mass is 16.6. The summed E-state index contributed by atoms with van der Waals surface area (Å²) < 4.78 is 9.29. The third-order valence-corrected chi connectivity index (χ3v) is 2.21. The van der Waals surface area contributed by atoms with E-state index in [2.05, 4.69) is 4.74 Å². The van der Waals surface area contributed by atoms with E-state index in [1.807, 2.05) is 0 Å². The van der Waals surface area contributed by atoms with Crippen molar-refractivity contribution < 1.29 is 19.1 Å². The van der Waals surface area contributed by atoms with Gasteiger partial charge in [0, 0.05) is 13.1 Å². The van der Waals surface area contributed by atoms with Crippen LogP contribution in [0.4, 0.5) is 4.79 Å². The fraction of sp³-hybridized carbons (Fsp3) is 0.600. The Bertz CT molecular complexity index is 279. The van der Waals surface area contributed by atoms with Gasteiger partial charge in [0.2, 0.25) is 0 Å². The zero-order valence-corrected chi connectivity index (χ0v) is 8.99. The molecule has 0 aromatic heterocycles. The van der Waals surface area contributed by atoms with Crippen molar-refractivity contribution in [3.05, 3.63) is 11.8 Å². The zero-order chi connectivity index (χ0) is 11.3. The fourth-order valence-electron chi connectivity index (χ4n) is 1.32. The summed E-state index contributed by atoms with van der Waals surface area (Å²) in [7, 11) is 1.28. The zero-order valence-electron chi connectivity index (χ0n) is 8.99. The molecular formula is C10H15NO4. The van der Waals surface area contributed by atoms with Gasteiger partial charge in [-0.1, -0.05) is 0 Å². The Hall–Kier alpha value is -1.52. The second-order valence-corrected chi connectivity index (χ2v) is 3.37. The molecule has 5 nitrogen and oxygen atoms in total. The molecule has 0 unspecified atom stereocenters. The quantitative estimate of drug-likeness (QED) is 0.394. The first-order valence-electron chi connectivity index (χ1n) is 4.86. The lowest BCUT2D eigenvalue weighted by molar-refractivity contribution is -0.136. The largest absolute Gasteiger partial charge is 0.466 e. The Morgan fingerprint density at radius 2 is 1.87 bits per heavy atom. The highest BCUT2D eigenvalue weighted by Gasteiger charge is 2.18. The van der Waals surface area contributed by atoms with E-state index >= 15 is 0 Å². The van der Waals surface area contributed by atoms with Gasteiger partial charge in [-0.2, -0.15) is 0 Å².